The number of carbonyl (C=O) groups is 1. The maximum atomic E-state index is 11.9. The number of carbonyl (C=O) groups excluding carboxylic acids is 1. The molecule has 5 nitrogen and oxygen atoms in total. The van der Waals surface area contributed by atoms with Gasteiger partial charge in [0.25, 0.3) is 10.0 Å². The minimum Gasteiger partial charge on any atom is -0.461 e. The fraction of sp³-hybridized carbons (Fsp3) is 0.125. The minimum absolute atomic E-state index is 0.180. The number of hydrogen-bond donors (Lipinski definition) is 0. The molecule has 0 radical (unpaired) electrons. The summed E-state index contributed by atoms with van der Waals surface area (Å²) in [5.41, 5.74) is 1.09. The summed E-state index contributed by atoms with van der Waals surface area (Å²) in [6, 6.07) is 15.4. The molecule has 0 atom stereocenters. The summed E-state index contributed by atoms with van der Waals surface area (Å²) < 4.78 is 32.7. The second kappa shape index (κ2) is 6.55. The molecule has 1 aliphatic rings. The Kier molecular flexibility index (Phi) is 4.49. The first-order chi connectivity index (χ1) is 11.1. The molecule has 118 valence electrons. The van der Waals surface area contributed by atoms with Crippen LogP contribution in [0.25, 0.3) is 0 Å². The number of fused-ring (bicyclic) bond motifs is 1. The third-order valence-corrected chi connectivity index (χ3v) is 5.57. The van der Waals surface area contributed by atoms with Crippen LogP contribution >= 0.6 is 11.8 Å². The average Bonchev–Trinajstić information content (AvgIpc) is 2.83. The molecule has 2 aromatic rings. The van der Waals surface area contributed by atoms with Crippen molar-refractivity contribution < 1.29 is 17.9 Å². The van der Waals surface area contributed by atoms with Crippen LogP contribution < -0.4 is 0 Å². The summed E-state index contributed by atoms with van der Waals surface area (Å²) in [6.45, 7) is 0.180. The lowest BCUT2D eigenvalue weighted by molar-refractivity contribution is 0.0530. The van der Waals surface area contributed by atoms with Crippen molar-refractivity contribution in [3.8, 4) is 0 Å². The fourth-order valence-corrected chi connectivity index (χ4v) is 4.48. The maximum Gasteiger partial charge on any atom is 0.338 e. The molecule has 1 aliphatic heterocycles. The molecule has 0 aromatic heterocycles. The highest BCUT2D eigenvalue weighted by atomic mass is 32.2. The first kappa shape index (κ1) is 15.8. The molecule has 0 bridgehead atoms. The second-order valence-electron chi connectivity index (χ2n) is 4.72. The lowest BCUT2D eigenvalue weighted by Crippen LogP contribution is -2.08. The molecule has 1 heterocycles. The van der Waals surface area contributed by atoms with Crippen molar-refractivity contribution in [1.82, 2.24) is 0 Å². The summed E-state index contributed by atoms with van der Waals surface area (Å²) in [7, 11) is -3.59. The van der Waals surface area contributed by atoms with Gasteiger partial charge in [0.2, 0.25) is 0 Å². The van der Waals surface area contributed by atoms with E-state index in [0.717, 1.165) is 0 Å². The van der Waals surface area contributed by atoms with Crippen LogP contribution in [0.2, 0.25) is 0 Å². The largest absolute Gasteiger partial charge is 0.461 e. The van der Waals surface area contributed by atoms with Crippen LogP contribution in [0.1, 0.15) is 15.9 Å². The van der Waals surface area contributed by atoms with Gasteiger partial charge in [0.15, 0.2) is 0 Å². The Balaban J connectivity index is 1.57. The second-order valence-corrected chi connectivity index (χ2v) is 7.37. The Morgan fingerprint density at radius 2 is 1.74 bits per heavy atom. The molecule has 0 amide bonds. The van der Waals surface area contributed by atoms with Crippen molar-refractivity contribution in [2.45, 2.75) is 4.90 Å². The number of benzene rings is 2. The smallest absolute Gasteiger partial charge is 0.338 e. The lowest BCUT2D eigenvalue weighted by atomic mass is 10.2. The Bertz CT molecular complexity index is 861. The molecule has 0 aliphatic carbocycles. The summed E-state index contributed by atoms with van der Waals surface area (Å²) in [6.07, 6.45) is 0. The van der Waals surface area contributed by atoms with Crippen LogP contribution in [0.5, 0.6) is 0 Å². The summed E-state index contributed by atoms with van der Waals surface area (Å²) in [5.74, 6) is 0.0360. The Hall–Kier alpha value is -2.12. The predicted octanol–water partition coefficient (Wildman–Crippen LogP) is 2.73. The van der Waals surface area contributed by atoms with Gasteiger partial charge in [-0.1, -0.05) is 36.4 Å². The van der Waals surface area contributed by atoms with Crippen molar-refractivity contribution in [1.29, 1.82) is 0 Å². The van der Waals surface area contributed by atoms with Crippen molar-refractivity contribution in [3.63, 3.8) is 0 Å². The van der Waals surface area contributed by atoms with E-state index >= 15 is 0 Å². The van der Waals surface area contributed by atoms with E-state index in [1.54, 1.807) is 42.5 Å². The van der Waals surface area contributed by atoms with Gasteiger partial charge in [-0.25, -0.2) is 4.79 Å². The summed E-state index contributed by atoms with van der Waals surface area (Å²) in [5, 5.41) is 0.441. The van der Waals surface area contributed by atoms with E-state index in [2.05, 4.69) is 4.40 Å². The predicted molar refractivity (Wildman–Crippen MR) is 89.3 cm³/mol. The van der Waals surface area contributed by atoms with Gasteiger partial charge in [-0.05, 0) is 18.2 Å². The molecule has 0 saturated carbocycles. The number of rotatable bonds is 4. The van der Waals surface area contributed by atoms with E-state index in [-0.39, 0.29) is 11.5 Å². The van der Waals surface area contributed by atoms with Crippen LogP contribution in [0.4, 0.5) is 0 Å². The molecule has 23 heavy (non-hydrogen) atoms. The first-order valence-corrected chi connectivity index (χ1v) is 9.30. The zero-order chi connectivity index (χ0) is 16.3. The SMILES string of the molecule is O=C(OCCSC1=NS(=O)(=O)c2ccccc21)c1ccccc1. The third kappa shape index (κ3) is 3.46. The van der Waals surface area contributed by atoms with Crippen molar-refractivity contribution in [2.75, 3.05) is 12.4 Å². The van der Waals surface area contributed by atoms with E-state index in [1.165, 1.54) is 17.8 Å². The zero-order valence-electron chi connectivity index (χ0n) is 12.0. The topological polar surface area (TPSA) is 72.8 Å². The van der Waals surface area contributed by atoms with E-state index < -0.39 is 16.0 Å². The quantitative estimate of drug-likeness (QED) is 0.628. The van der Waals surface area contributed by atoms with Gasteiger partial charge < -0.3 is 4.74 Å². The molecular formula is C16H13NO4S2. The van der Waals surface area contributed by atoms with Crippen molar-refractivity contribution in [2.24, 2.45) is 4.40 Å². The highest BCUT2D eigenvalue weighted by molar-refractivity contribution is 8.15. The van der Waals surface area contributed by atoms with Gasteiger partial charge in [0.05, 0.1) is 10.5 Å². The molecule has 3 rings (SSSR count). The monoisotopic (exact) mass is 347 g/mol. The molecule has 0 N–H and O–H groups in total. The number of thioether (sulfide) groups is 1. The molecular weight excluding hydrogens is 334 g/mol. The Labute approximate surface area is 138 Å². The number of sulfonamides is 1. The number of nitrogens with zero attached hydrogens (tertiary/aromatic N) is 1. The standard InChI is InChI=1S/C16H13NO4S2/c18-16(12-6-2-1-3-7-12)21-10-11-22-15-13-8-4-5-9-14(13)23(19,20)17-15/h1-9H,10-11H2. The fourth-order valence-electron chi connectivity index (χ4n) is 2.11. The highest BCUT2D eigenvalue weighted by Crippen LogP contribution is 2.30. The van der Waals surface area contributed by atoms with Gasteiger partial charge in [-0.2, -0.15) is 12.8 Å². The van der Waals surface area contributed by atoms with Crippen molar-refractivity contribution >= 4 is 32.8 Å². The maximum absolute atomic E-state index is 11.9. The van der Waals surface area contributed by atoms with Gasteiger partial charge in [-0.3, -0.25) is 0 Å². The first-order valence-electron chi connectivity index (χ1n) is 6.87. The molecule has 2 aromatic carbocycles. The van der Waals surface area contributed by atoms with Crippen LogP contribution in [0, 0.1) is 0 Å². The van der Waals surface area contributed by atoms with Crippen LogP contribution in [-0.2, 0) is 14.8 Å². The number of ether oxygens (including phenoxy) is 1. The third-order valence-electron chi connectivity index (χ3n) is 3.16. The van der Waals surface area contributed by atoms with E-state index in [0.29, 0.717) is 21.9 Å². The van der Waals surface area contributed by atoms with Gasteiger partial charge >= 0.3 is 5.97 Å². The number of hydrogen-bond acceptors (Lipinski definition) is 5. The van der Waals surface area contributed by atoms with Crippen LogP contribution in [-0.4, -0.2) is 31.8 Å². The zero-order valence-corrected chi connectivity index (χ0v) is 13.6. The Morgan fingerprint density at radius 3 is 2.52 bits per heavy atom. The lowest BCUT2D eigenvalue weighted by Gasteiger charge is -2.05. The van der Waals surface area contributed by atoms with Crippen LogP contribution in [0.3, 0.4) is 0 Å². The molecule has 0 unspecified atom stereocenters. The summed E-state index contributed by atoms with van der Waals surface area (Å²) in [4.78, 5) is 12.0. The molecule has 0 fully saturated rings. The minimum atomic E-state index is -3.59. The summed E-state index contributed by atoms with van der Waals surface area (Å²) >= 11 is 1.26. The van der Waals surface area contributed by atoms with Gasteiger partial charge in [0, 0.05) is 11.3 Å². The Morgan fingerprint density at radius 1 is 1.04 bits per heavy atom. The van der Waals surface area contributed by atoms with E-state index in [9.17, 15) is 13.2 Å². The van der Waals surface area contributed by atoms with Gasteiger partial charge in [-0.15, -0.1) is 11.8 Å². The average molecular weight is 347 g/mol. The van der Waals surface area contributed by atoms with E-state index in [1.807, 2.05) is 6.07 Å². The van der Waals surface area contributed by atoms with Gasteiger partial charge in [0.1, 0.15) is 11.7 Å². The van der Waals surface area contributed by atoms with E-state index in [4.69, 9.17) is 4.74 Å². The molecule has 0 spiro atoms. The molecule has 7 heteroatoms. The molecule has 0 saturated heterocycles. The normalized spacial score (nSPS) is 14.9. The number of esters is 1. The van der Waals surface area contributed by atoms with Crippen molar-refractivity contribution in [3.05, 3.63) is 65.7 Å². The van der Waals surface area contributed by atoms with Crippen LogP contribution in [0.15, 0.2) is 63.9 Å². The highest BCUT2D eigenvalue weighted by Gasteiger charge is 2.28.